The van der Waals surface area contributed by atoms with Crippen molar-refractivity contribution in [3.8, 4) is 0 Å². The van der Waals surface area contributed by atoms with Crippen LogP contribution in [0.3, 0.4) is 0 Å². The maximum atomic E-state index is 14.4. The van der Waals surface area contributed by atoms with Gasteiger partial charge in [-0.1, -0.05) is 152 Å². The number of Topliss-reactive ketones (excluding diaryl/α,β-unsaturated/α-hetero) is 2. The van der Waals surface area contributed by atoms with Crippen LogP contribution in [0.15, 0.2) is 152 Å². The van der Waals surface area contributed by atoms with Crippen molar-refractivity contribution in [3.05, 3.63) is 179 Å². The van der Waals surface area contributed by atoms with E-state index in [1.807, 2.05) is 153 Å². The van der Waals surface area contributed by atoms with E-state index in [4.69, 9.17) is 41.4 Å². The Balaban J connectivity index is 1.21. The van der Waals surface area contributed by atoms with E-state index in [0.717, 1.165) is 22.3 Å². The fourth-order valence-corrected chi connectivity index (χ4v) is 23.0. The van der Waals surface area contributed by atoms with Gasteiger partial charge in [0.1, 0.15) is 38.6 Å². The van der Waals surface area contributed by atoms with E-state index in [0.29, 0.717) is 30.5 Å². The zero-order chi connectivity index (χ0) is 57.2. The fraction of sp³-hybridized carbons (Fsp3) is 0.410. The molecule has 1 unspecified atom stereocenters. The first-order valence-electron chi connectivity index (χ1n) is 26.8. The second-order valence-corrected chi connectivity index (χ2v) is 33.8. The summed E-state index contributed by atoms with van der Waals surface area (Å²) in [5.74, 6) is -3.94. The molecule has 0 radical (unpaired) electrons. The Morgan fingerprint density at radius 2 is 0.722 bits per heavy atom. The highest BCUT2D eigenvalue weighted by atomic mass is 28.5. The van der Waals surface area contributed by atoms with Crippen molar-refractivity contribution in [1.29, 1.82) is 0 Å². The minimum Gasteiger partial charge on any atom is -0.461 e. The maximum Gasteiger partial charge on any atom is 0.339 e. The molecule has 0 aliphatic carbocycles. The molecule has 15 nitrogen and oxygen atoms in total. The van der Waals surface area contributed by atoms with E-state index in [1.165, 1.54) is 6.92 Å². The van der Waals surface area contributed by atoms with Crippen molar-refractivity contribution in [3.63, 3.8) is 0 Å². The third-order valence-corrected chi connectivity index (χ3v) is 24.2. The van der Waals surface area contributed by atoms with Gasteiger partial charge in [-0.25, -0.2) is 4.79 Å². The van der Waals surface area contributed by atoms with Crippen LogP contribution in [0.4, 0.5) is 0 Å². The normalized spacial score (nSPS) is 12.7. The Bertz CT molecular complexity index is 2620. The number of carbonyl (C=O) groups is 6. The van der Waals surface area contributed by atoms with Crippen molar-refractivity contribution in [1.82, 2.24) is 0 Å². The van der Waals surface area contributed by atoms with E-state index in [9.17, 15) is 28.8 Å². The molecule has 0 spiro atoms. The average molecular weight is 1140 g/mol. The van der Waals surface area contributed by atoms with Gasteiger partial charge in [-0.3, -0.25) is 24.0 Å². The molecule has 0 amide bonds. The summed E-state index contributed by atoms with van der Waals surface area (Å²) in [4.78, 5) is 81.9. The van der Waals surface area contributed by atoms with Crippen LogP contribution in [0.5, 0.6) is 0 Å². The smallest absolute Gasteiger partial charge is 0.339 e. The summed E-state index contributed by atoms with van der Waals surface area (Å²) in [6.07, 6.45) is -1.14. The first kappa shape index (κ1) is 63.6. The molecular formula is C61H78O15Si3. The predicted molar refractivity (Wildman–Crippen MR) is 306 cm³/mol. The highest BCUT2D eigenvalue weighted by Crippen LogP contribution is 2.31. The van der Waals surface area contributed by atoms with Crippen LogP contribution < -0.4 is 0 Å². The molecule has 0 fully saturated rings. The number of hydrogen-bond acceptors (Lipinski definition) is 15. The summed E-state index contributed by atoms with van der Waals surface area (Å²) in [5, 5.41) is 0. The molecule has 0 aliphatic heterocycles. The number of benzene rings is 5. The summed E-state index contributed by atoms with van der Waals surface area (Å²) in [6, 6.07) is 47.1. The number of ether oxygens (including phenoxy) is 7. The Labute approximate surface area is 469 Å². The van der Waals surface area contributed by atoms with Gasteiger partial charge in [-0.15, -0.1) is 0 Å². The van der Waals surface area contributed by atoms with E-state index in [2.05, 4.69) is 26.2 Å². The van der Waals surface area contributed by atoms with Crippen molar-refractivity contribution in [2.45, 2.75) is 141 Å². The van der Waals surface area contributed by atoms with E-state index >= 15 is 0 Å². The van der Waals surface area contributed by atoms with Gasteiger partial charge in [-0.2, -0.15) is 0 Å². The zero-order valence-corrected chi connectivity index (χ0v) is 49.9. The predicted octanol–water partition coefficient (Wildman–Crippen LogP) is 11.3. The molecule has 0 saturated heterocycles. The van der Waals surface area contributed by atoms with Gasteiger partial charge >= 0.3 is 32.4 Å². The van der Waals surface area contributed by atoms with Gasteiger partial charge in [0.05, 0.1) is 25.9 Å². The molecule has 0 N–H and O–H groups in total. The lowest BCUT2D eigenvalue weighted by atomic mass is 9.90. The first-order chi connectivity index (χ1) is 37.7. The molecule has 5 aromatic rings. The summed E-state index contributed by atoms with van der Waals surface area (Å²) in [7, 11) is -7.80. The topological polar surface area (TPSA) is 185 Å². The lowest BCUT2D eigenvalue weighted by Gasteiger charge is -2.39. The molecule has 424 valence electrons. The zero-order valence-electron chi connectivity index (χ0n) is 46.9. The van der Waals surface area contributed by atoms with Crippen molar-refractivity contribution < 1.29 is 70.2 Å². The first-order valence-corrected chi connectivity index (χ1v) is 35.8. The molecule has 5 rings (SSSR count). The minimum atomic E-state index is -2.81. The molecule has 0 saturated carbocycles. The number of ketones is 2. The Hall–Kier alpha value is -6.23. The fourth-order valence-electron chi connectivity index (χ4n) is 9.02. The molecule has 18 heteroatoms. The standard InChI is InChI=1S/C61H78O15Si3/c1-49(62)60(40-56(64)69-44-51-27-15-9-16-28-51,41-57(65)70-45-52-29-17-10-18-30-52)73-35-23-37-77(2,3)75-79(6,7)76-78(4,5)38-24-36-74-61(59(67)72-47-54-33-21-12-22-34-54,42-58(66)71-46-53-31-19-11-20-32-53)39-55(63)48-68-43-50-25-13-8-14-26-50/h8-22,25-34H,23-24,35-48H2,1-7H3. The number of esters is 4. The molecule has 79 heavy (non-hydrogen) atoms. The van der Waals surface area contributed by atoms with Crippen LogP contribution in [0.25, 0.3) is 0 Å². The van der Waals surface area contributed by atoms with Crippen LogP contribution in [0.2, 0.25) is 51.4 Å². The van der Waals surface area contributed by atoms with Gasteiger partial charge < -0.3 is 41.4 Å². The summed E-state index contributed by atoms with van der Waals surface area (Å²) >= 11 is 0. The van der Waals surface area contributed by atoms with Crippen LogP contribution >= 0.6 is 0 Å². The summed E-state index contributed by atoms with van der Waals surface area (Å²) < 4.78 is 54.9. The van der Waals surface area contributed by atoms with Crippen LogP contribution in [0, 0.1) is 0 Å². The molecule has 0 aliphatic rings. The number of carbonyl (C=O) groups excluding carboxylic acids is 6. The van der Waals surface area contributed by atoms with Crippen molar-refractivity contribution >= 4 is 60.6 Å². The van der Waals surface area contributed by atoms with Crippen molar-refractivity contribution in [2.24, 2.45) is 0 Å². The van der Waals surface area contributed by atoms with E-state index in [1.54, 1.807) is 12.1 Å². The maximum absolute atomic E-state index is 14.4. The van der Waals surface area contributed by atoms with E-state index < -0.39 is 97.5 Å². The van der Waals surface area contributed by atoms with Crippen LogP contribution in [-0.2, 0) is 103 Å². The van der Waals surface area contributed by atoms with Gasteiger partial charge in [-0.05, 0) is 99.0 Å². The van der Waals surface area contributed by atoms with E-state index in [-0.39, 0.29) is 52.9 Å². The molecule has 5 aromatic carbocycles. The Morgan fingerprint density at radius 1 is 0.405 bits per heavy atom. The third kappa shape index (κ3) is 23.6. The average Bonchev–Trinajstić information content (AvgIpc) is 3.43. The molecular weight excluding hydrogens is 1060 g/mol. The molecule has 0 heterocycles. The highest BCUT2D eigenvalue weighted by molar-refractivity contribution is 6.87. The number of hydrogen-bond donors (Lipinski definition) is 0. The monoisotopic (exact) mass is 1130 g/mol. The van der Waals surface area contributed by atoms with Crippen LogP contribution in [0.1, 0.15) is 73.3 Å². The SMILES string of the molecule is CC(=O)C(CC(=O)OCc1ccccc1)(CC(=O)OCc1ccccc1)OCCC[Si](C)(C)O[Si](C)(C)O[Si](C)(C)CCCOC(CC(=O)COCc1ccccc1)(CC(=O)OCc1ccccc1)C(=O)OCc1ccccc1. The molecule has 0 bridgehead atoms. The second-order valence-electron chi connectivity index (χ2n) is 21.3. The summed E-state index contributed by atoms with van der Waals surface area (Å²) in [6.45, 7) is 13.4. The quantitative estimate of drug-likeness (QED) is 0.0159. The lowest BCUT2D eigenvalue weighted by Crippen LogP contribution is -2.52. The van der Waals surface area contributed by atoms with Crippen molar-refractivity contribution in [2.75, 3.05) is 19.8 Å². The number of rotatable bonds is 36. The largest absolute Gasteiger partial charge is 0.461 e. The molecule has 0 aromatic heterocycles. The molecule has 1 atom stereocenters. The lowest BCUT2D eigenvalue weighted by molar-refractivity contribution is -0.184. The second kappa shape index (κ2) is 31.5. The van der Waals surface area contributed by atoms with Crippen LogP contribution in [-0.4, -0.2) is 91.7 Å². The van der Waals surface area contributed by atoms with Gasteiger partial charge in [0.2, 0.25) is 0 Å². The minimum absolute atomic E-state index is 0.00633. The Morgan fingerprint density at radius 3 is 1.08 bits per heavy atom. The van der Waals surface area contributed by atoms with Gasteiger partial charge in [0.25, 0.3) is 0 Å². The van der Waals surface area contributed by atoms with Gasteiger partial charge in [0, 0.05) is 19.6 Å². The Kier molecular flexibility index (Phi) is 25.4. The third-order valence-electron chi connectivity index (χ3n) is 12.7. The summed E-state index contributed by atoms with van der Waals surface area (Å²) in [5.41, 5.74) is 0.0306. The van der Waals surface area contributed by atoms with Gasteiger partial charge in [0.15, 0.2) is 33.8 Å². The highest BCUT2D eigenvalue weighted by Gasteiger charge is 2.47.